The molecule has 1 fully saturated rings. The Kier molecular flexibility index (Phi) is 9.31. The van der Waals surface area contributed by atoms with Gasteiger partial charge in [0.05, 0.1) is 23.4 Å². The maximum atomic E-state index is 14.3. The number of amides is 1. The maximum absolute atomic E-state index is 14.3. The summed E-state index contributed by atoms with van der Waals surface area (Å²) in [6, 6.07) is 10.3. The van der Waals surface area contributed by atoms with Crippen LogP contribution in [0.15, 0.2) is 53.4 Å². The lowest BCUT2D eigenvalue weighted by Gasteiger charge is -2.30. The minimum Gasteiger partial charge on any atom is -0.492 e. The van der Waals surface area contributed by atoms with Gasteiger partial charge < -0.3 is 10.1 Å². The van der Waals surface area contributed by atoms with Crippen molar-refractivity contribution in [2.75, 3.05) is 36.8 Å². The van der Waals surface area contributed by atoms with Crippen LogP contribution in [0.25, 0.3) is 0 Å². The van der Waals surface area contributed by atoms with E-state index in [1.165, 1.54) is 34.6 Å². The molecule has 1 aliphatic rings. The van der Waals surface area contributed by atoms with E-state index in [9.17, 15) is 26.0 Å². The van der Waals surface area contributed by atoms with Crippen LogP contribution in [-0.2, 0) is 24.8 Å². The summed E-state index contributed by atoms with van der Waals surface area (Å²) in [7, 11) is -7.48. The van der Waals surface area contributed by atoms with E-state index < -0.39 is 37.8 Å². The molecule has 9 nitrogen and oxygen atoms in total. The molecular weight excluding hydrogens is 509 g/mol. The van der Waals surface area contributed by atoms with E-state index in [1.54, 1.807) is 19.1 Å². The van der Waals surface area contributed by atoms with Crippen LogP contribution < -0.4 is 14.4 Å². The van der Waals surface area contributed by atoms with Crippen molar-refractivity contribution in [1.29, 1.82) is 0 Å². The molecule has 1 atom stereocenters. The number of benzene rings is 2. The van der Waals surface area contributed by atoms with E-state index >= 15 is 0 Å². The Morgan fingerprint density at radius 3 is 2.28 bits per heavy atom. The van der Waals surface area contributed by atoms with Crippen molar-refractivity contribution in [1.82, 2.24) is 9.62 Å². The van der Waals surface area contributed by atoms with E-state index in [0.29, 0.717) is 18.8 Å². The Balaban J connectivity index is 1.58. The summed E-state index contributed by atoms with van der Waals surface area (Å²) in [6.45, 7) is 2.82. The quantitative estimate of drug-likeness (QED) is 0.438. The number of piperidine rings is 1. The molecule has 0 bridgehead atoms. The molecule has 0 aromatic heterocycles. The largest absolute Gasteiger partial charge is 0.492 e. The normalized spacial score (nSPS) is 15.8. The summed E-state index contributed by atoms with van der Waals surface area (Å²) >= 11 is 0. The Morgan fingerprint density at radius 2 is 1.69 bits per heavy atom. The minimum absolute atomic E-state index is 0.0675. The van der Waals surface area contributed by atoms with Crippen LogP contribution in [0, 0.1) is 5.82 Å². The highest BCUT2D eigenvalue weighted by molar-refractivity contribution is 7.92. The number of halogens is 1. The molecule has 0 aliphatic carbocycles. The first-order chi connectivity index (χ1) is 17.1. The van der Waals surface area contributed by atoms with E-state index in [-0.39, 0.29) is 30.2 Å². The monoisotopic (exact) mass is 541 g/mol. The van der Waals surface area contributed by atoms with Crippen LogP contribution in [0.3, 0.4) is 0 Å². The molecule has 2 aromatic rings. The molecule has 198 valence electrons. The highest BCUT2D eigenvalue weighted by atomic mass is 32.2. The SMILES string of the molecule is CC[C@@H](C(=O)NCCOc1ccc(S(=O)(=O)N2CCCCC2)cc1)N(c1ccccc1F)S(C)(=O)=O. The number of hydrogen-bond donors (Lipinski definition) is 1. The van der Waals surface area contributed by atoms with Crippen LogP contribution in [0.1, 0.15) is 32.6 Å². The molecule has 2 aromatic carbocycles. The third-order valence-corrected chi connectivity index (χ3v) is 8.94. The van der Waals surface area contributed by atoms with Crippen molar-refractivity contribution in [2.45, 2.75) is 43.5 Å². The summed E-state index contributed by atoms with van der Waals surface area (Å²) in [6.07, 6.45) is 3.79. The van der Waals surface area contributed by atoms with Gasteiger partial charge in [0, 0.05) is 13.1 Å². The van der Waals surface area contributed by atoms with Crippen molar-refractivity contribution in [3.05, 3.63) is 54.3 Å². The molecular formula is C24H32FN3O6S2. The maximum Gasteiger partial charge on any atom is 0.244 e. The Bertz CT molecular complexity index is 1250. The van der Waals surface area contributed by atoms with Gasteiger partial charge in [0.15, 0.2) is 0 Å². The number of nitrogens with zero attached hydrogens (tertiary/aromatic N) is 2. The lowest BCUT2D eigenvalue weighted by Crippen LogP contribution is -2.50. The molecule has 0 saturated carbocycles. The number of rotatable bonds is 11. The molecule has 0 spiro atoms. The fourth-order valence-corrected chi connectivity index (χ4v) is 6.82. The average Bonchev–Trinajstić information content (AvgIpc) is 2.85. The van der Waals surface area contributed by atoms with Gasteiger partial charge in [-0.05, 0) is 55.7 Å². The number of anilines is 1. The van der Waals surface area contributed by atoms with Crippen LogP contribution >= 0.6 is 0 Å². The van der Waals surface area contributed by atoms with Gasteiger partial charge in [-0.25, -0.2) is 21.2 Å². The van der Waals surface area contributed by atoms with E-state index in [1.807, 2.05) is 0 Å². The number of hydrogen-bond acceptors (Lipinski definition) is 6. The first kappa shape index (κ1) is 27.9. The molecule has 12 heteroatoms. The standard InChI is InChI=1S/C24H32FN3O6S2/c1-3-22(28(35(2,30)31)23-10-6-5-9-21(23)25)24(29)26-15-18-34-19-11-13-20(14-12-19)36(32,33)27-16-7-4-8-17-27/h5-6,9-14,22H,3-4,7-8,15-18H2,1-2H3,(H,26,29)/t22-/m0/s1. The number of ether oxygens (including phenoxy) is 1. The first-order valence-electron chi connectivity index (χ1n) is 11.8. The molecule has 1 amide bonds. The van der Waals surface area contributed by atoms with E-state index in [4.69, 9.17) is 4.74 Å². The van der Waals surface area contributed by atoms with Crippen LogP contribution in [-0.4, -0.2) is 65.6 Å². The van der Waals surface area contributed by atoms with Crippen molar-refractivity contribution < 1.29 is 30.8 Å². The summed E-state index contributed by atoms with van der Waals surface area (Å²) in [5, 5.41) is 2.63. The molecule has 0 radical (unpaired) electrons. The second-order valence-electron chi connectivity index (χ2n) is 8.51. The second-order valence-corrected chi connectivity index (χ2v) is 12.3. The molecule has 3 rings (SSSR count). The van der Waals surface area contributed by atoms with E-state index in [2.05, 4.69) is 5.32 Å². The summed E-state index contributed by atoms with van der Waals surface area (Å²) < 4.78 is 72.5. The third kappa shape index (κ3) is 6.74. The zero-order chi connectivity index (χ0) is 26.3. The predicted octanol–water partition coefficient (Wildman–Crippen LogP) is 2.74. The highest BCUT2D eigenvalue weighted by Crippen LogP contribution is 2.26. The smallest absolute Gasteiger partial charge is 0.244 e. The third-order valence-electron chi connectivity index (χ3n) is 5.87. The molecule has 0 unspecified atom stereocenters. The van der Waals surface area contributed by atoms with Crippen LogP contribution in [0.4, 0.5) is 10.1 Å². The van der Waals surface area contributed by atoms with Crippen molar-refractivity contribution in [3.8, 4) is 5.75 Å². The summed E-state index contributed by atoms with van der Waals surface area (Å²) in [5.74, 6) is -0.904. The average molecular weight is 542 g/mol. The van der Waals surface area contributed by atoms with Gasteiger partial charge in [-0.3, -0.25) is 9.10 Å². The Hall–Kier alpha value is -2.70. The first-order valence-corrected chi connectivity index (χ1v) is 15.1. The number of nitrogens with one attached hydrogen (secondary N) is 1. The van der Waals surface area contributed by atoms with Gasteiger partial charge in [0.2, 0.25) is 26.0 Å². The zero-order valence-electron chi connectivity index (χ0n) is 20.4. The second kappa shape index (κ2) is 12.0. The lowest BCUT2D eigenvalue weighted by molar-refractivity contribution is -0.122. The highest BCUT2D eigenvalue weighted by Gasteiger charge is 2.33. The predicted molar refractivity (Wildman–Crippen MR) is 135 cm³/mol. The molecule has 1 aliphatic heterocycles. The van der Waals surface area contributed by atoms with E-state index in [0.717, 1.165) is 35.9 Å². The topological polar surface area (TPSA) is 113 Å². The Labute approximate surface area is 212 Å². The zero-order valence-corrected chi connectivity index (χ0v) is 22.0. The van der Waals surface area contributed by atoms with Crippen molar-refractivity contribution >= 4 is 31.6 Å². The van der Waals surface area contributed by atoms with Crippen LogP contribution in [0.5, 0.6) is 5.75 Å². The Morgan fingerprint density at radius 1 is 1.06 bits per heavy atom. The fraction of sp³-hybridized carbons (Fsp3) is 0.458. The van der Waals surface area contributed by atoms with Crippen molar-refractivity contribution in [3.63, 3.8) is 0 Å². The number of sulfonamides is 2. The molecule has 1 saturated heterocycles. The van der Waals surface area contributed by atoms with Gasteiger partial charge in [0.1, 0.15) is 24.2 Å². The van der Waals surface area contributed by atoms with Gasteiger partial charge in [-0.1, -0.05) is 25.5 Å². The lowest BCUT2D eigenvalue weighted by atomic mass is 10.2. The van der Waals surface area contributed by atoms with Gasteiger partial charge in [-0.2, -0.15) is 4.31 Å². The van der Waals surface area contributed by atoms with Crippen LogP contribution in [0.2, 0.25) is 0 Å². The molecule has 1 heterocycles. The number of para-hydroxylation sites is 1. The van der Waals surface area contributed by atoms with Gasteiger partial charge >= 0.3 is 0 Å². The number of carbonyl (C=O) groups is 1. The van der Waals surface area contributed by atoms with Crippen molar-refractivity contribution in [2.24, 2.45) is 0 Å². The number of carbonyl (C=O) groups excluding carboxylic acids is 1. The van der Waals surface area contributed by atoms with Gasteiger partial charge in [-0.15, -0.1) is 0 Å². The summed E-state index contributed by atoms with van der Waals surface area (Å²) in [5.41, 5.74) is -0.196. The minimum atomic E-state index is -3.95. The molecule has 1 N–H and O–H groups in total. The molecule has 36 heavy (non-hydrogen) atoms. The van der Waals surface area contributed by atoms with Gasteiger partial charge in [0.25, 0.3) is 0 Å². The summed E-state index contributed by atoms with van der Waals surface area (Å²) in [4.78, 5) is 13.0. The fourth-order valence-electron chi connectivity index (χ4n) is 4.09.